The highest BCUT2D eigenvalue weighted by atomic mass is 16.5. The maximum Gasteiger partial charge on any atom is 0.324 e. The van der Waals surface area contributed by atoms with E-state index in [9.17, 15) is 9.59 Å². The zero-order chi connectivity index (χ0) is 36.8. The summed E-state index contributed by atoms with van der Waals surface area (Å²) in [6, 6.07) is 27.4. The number of nitrogens with one attached hydrogen (secondary N) is 4. The smallest absolute Gasteiger partial charge is 0.324 e. The second kappa shape index (κ2) is 15.2. The number of hydrogen-bond donors (Lipinski definition) is 4. The fraction of sp³-hybridized carbons (Fsp3) is 0.225. The van der Waals surface area contributed by atoms with Crippen LogP contribution in [0.2, 0.25) is 0 Å². The number of carbonyl (C=O) groups excluding carboxylic acids is 2. The number of aromatic nitrogens is 4. The van der Waals surface area contributed by atoms with Gasteiger partial charge in [-0.3, -0.25) is 10.1 Å². The normalized spacial score (nSPS) is 11.2. The predicted octanol–water partition coefficient (Wildman–Crippen LogP) is 8.75. The first kappa shape index (κ1) is 35.4. The van der Waals surface area contributed by atoms with Gasteiger partial charge in [0.05, 0.1) is 24.2 Å². The second-order valence-corrected chi connectivity index (χ2v) is 13.3. The summed E-state index contributed by atoms with van der Waals surface area (Å²) in [5.74, 6) is 1.96. The molecule has 0 saturated heterocycles. The van der Waals surface area contributed by atoms with E-state index in [4.69, 9.17) is 14.6 Å². The molecular weight excluding hydrogens is 656 g/mol. The fourth-order valence-corrected chi connectivity index (χ4v) is 5.42. The van der Waals surface area contributed by atoms with Gasteiger partial charge in [0.15, 0.2) is 0 Å². The van der Waals surface area contributed by atoms with Crippen LogP contribution in [0.25, 0.3) is 16.5 Å². The van der Waals surface area contributed by atoms with E-state index in [1.165, 1.54) is 0 Å². The molecule has 12 nitrogen and oxygen atoms in total. The zero-order valence-electron chi connectivity index (χ0n) is 30.1. The number of urea groups is 1. The van der Waals surface area contributed by atoms with Gasteiger partial charge in [-0.15, -0.1) is 0 Å². The second-order valence-electron chi connectivity index (χ2n) is 13.3. The Morgan fingerprint density at radius 2 is 1.65 bits per heavy atom. The molecule has 0 saturated carbocycles. The Morgan fingerprint density at radius 3 is 2.38 bits per heavy atom. The van der Waals surface area contributed by atoms with E-state index in [1.54, 1.807) is 54.4 Å². The quantitative estimate of drug-likeness (QED) is 0.105. The van der Waals surface area contributed by atoms with Gasteiger partial charge in [-0.2, -0.15) is 10.1 Å². The molecule has 12 heteroatoms. The predicted molar refractivity (Wildman–Crippen MR) is 205 cm³/mol. The van der Waals surface area contributed by atoms with Gasteiger partial charge in [0.25, 0.3) is 5.91 Å². The van der Waals surface area contributed by atoms with Crippen LogP contribution in [0.4, 0.5) is 27.9 Å². The van der Waals surface area contributed by atoms with Crippen LogP contribution in [-0.4, -0.2) is 45.3 Å². The fourth-order valence-electron chi connectivity index (χ4n) is 5.42. The molecule has 0 atom stereocenters. The maximum absolute atomic E-state index is 13.5. The van der Waals surface area contributed by atoms with E-state index in [2.05, 4.69) is 52.0 Å². The van der Waals surface area contributed by atoms with Gasteiger partial charge in [0.1, 0.15) is 17.3 Å². The monoisotopic (exact) mass is 698 g/mol. The largest absolute Gasteiger partial charge is 0.497 e. The van der Waals surface area contributed by atoms with Crippen molar-refractivity contribution >= 4 is 45.9 Å². The number of ether oxygens (including phenoxy) is 2. The lowest BCUT2D eigenvalue weighted by molar-refractivity contribution is 0.0953. The van der Waals surface area contributed by atoms with Gasteiger partial charge in [0.2, 0.25) is 11.8 Å². The van der Waals surface area contributed by atoms with Crippen molar-refractivity contribution in [2.75, 3.05) is 29.6 Å². The number of rotatable bonds is 11. The third kappa shape index (κ3) is 8.29. The number of hydrogen-bond acceptors (Lipinski definition) is 8. The molecule has 3 amide bonds. The molecule has 52 heavy (non-hydrogen) atoms. The molecule has 4 N–H and O–H groups in total. The number of carbonyl (C=O) groups is 2. The Labute approximate surface area is 302 Å². The van der Waals surface area contributed by atoms with Crippen molar-refractivity contribution in [2.45, 2.75) is 46.5 Å². The molecular formula is C40H42N8O4. The van der Waals surface area contributed by atoms with Crippen molar-refractivity contribution in [1.82, 2.24) is 25.1 Å². The number of benzene rings is 4. The van der Waals surface area contributed by atoms with Crippen LogP contribution in [-0.2, 0) is 5.41 Å². The number of aryl methyl sites for hydroxylation is 1. The summed E-state index contributed by atoms with van der Waals surface area (Å²) in [5.41, 5.74) is 4.22. The van der Waals surface area contributed by atoms with Crippen LogP contribution in [0.3, 0.4) is 0 Å². The van der Waals surface area contributed by atoms with Crippen LogP contribution in [0, 0.1) is 6.92 Å². The Bertz CT molecular complexity index is 2220. The minimum Gasteiger partial charge on any atom is -0.497 e. The lowest BCUT2D eigenvalue weighted by Gasteiger charge is -2.14. The van der Waals surface area contributed by atoms with Gasteiger partial charge in [-0.05, 0) is 49.7 Å². The van der Waals surface area contributed by atoms with Crippen molar-refractivity contribution in [2.24, 2.45) is 0 Å². The van der Waals surface area contributed by atoms with Gasteiger partial charge in [0, 0.05) is 58.4 Å². The molecule has 0 fully saturated rings. The number of methoxy groups -OCH3 is 1. The Hall–Kier alpha value is -6.43. The number of amides is 3. The Kier molecular flexibility index (Phi) is 10.4. The van der Waals surface area contributed by atoms with E-state index in [-0.39, 0.29) is 17.3 Å². The first-order valence-corrected chi connectivity index (χ1v) is 17.0. The van der Waals surface area contributed by atoms with Gasteiger partial charge in [-0.25, -0.2) is 14.5 Å². The number of anilines is 4. The van der Waals surface area contributed by atoms with Crippen LogP contribution in [0.15, 0.2) is 97.2 Å². The molecule has 0 aliphatic heterocycles. The van der Waals surface area contributed by atoms with E-state index >= 15 is 0 Å². The van der Waals surface area contributed by atoms with E-state index < -0.39 is 6.03 Å². The molecule has 0 bridgehead atoms. The van der Waals surface area contributed by atoms with Crippen LogP contribution in [0.1, 0.15) is 55.7 Å². The Morgan fingerprint density at radius 1 is 0.885 bits per heavy atom. The van der Waals surface area contributed by atoms with Gasteiger partial charge >= 0.3 is 6.03 Å². The average molecular weight is 699 g/mol. The summed E-state index contributed by atoms with van der Waals surface area (Å²) >= 11 is 0. The van der Waals surface area contributed by atoms with Crippen molar-refractivity contribution in [3.63, 3.8) is 0 Å². The van der Waals surface area contributed by atoms with Crippen LogP contribution < -0.4 is 30.7 Å². The van der Waals surface area contributed by atoms with Crippen molar-refractivity contribution in [3.8, 4) is 23.1 Å². The molecule has 2 heterocycles. The first-order chi connectivity index (χ1) is 25.0. The third-order valence-corrected chi connectivity index (χ3v) is 8.17. The van der Waals surface area contributed by atoms with Crippen LogP contribution in [0.5, 0.6) is 17.4 Å². The van der Waals surface area contributed by atoms with Gasteiger partial charge in [-0.1, -0.05) is 69.7 Å². The summed E-state index contributed by atoms with van der Waals surface area (Å²) in [6.45, 7) is 10.8. The summed E-state index contributed by atoms with van der Waals surface area (Å²) in [7, 11) is 1.54. The van der Waals surface area contributed by atoms with Crippen molar-refractivity contribution < 1.29 is 19.1 Å². The number of fused-ring (bicyclic) bond motifs is 1. The molecule has 6 aromatic rings. The molecule has 0 spiro atoms. The van der Waals surface area contributed by atoms with Gasteiger partial charge < -0.3 is 25.4 Å². The molecule has 266 valence electrons. The molecule has 6 rings (SSSR count). The Balaban J connectivity index is 1.21. The van der Waals surface area contributed by atoms with E-state index in [1.807, 2.05) is 68.4 Å². The lowest BCUT2D eigenvalue weighted by atomic mass is 9.92. The maximum atomic E-state index is 13.5. The molecule has 0 aliphatic rings. The highest BCUT2D eigenvalue weighted by Gasteiger charge is 2.22. The van der Waals surface area contributed by atoms with Crippen LogP contribution >= 0.6 is 0 Å². The molecule has 4 aromatic carbocycles. The lowest BCUT2D eigenvalue weighted by Crippen LogP contribution is -2.24. The summed E-state index contributed by atoms with van der Waals surface area (Å²) < 4.78 is 13.4. The first-order valence-electron chi connectivity index (χ1n) is 17.0. The zero-order valence-corrected chi connectivity index (χ0v) is 30.1. The summed E-state index contributed by atoms with van der Waals surface area (Å²) in [6.07, 6.45) is 2.40. The molecule has 0 unspecified atom stereocenters. The summed E-state index contributed by atoms with van der Waals surface area (Å²) in [4.78, 5) is 35.0. The van der Waals surface area contributed by atoms with E-state index in [0.29, 0.717) is 46.7 Å². The van der Waals surface area contributed by atoms with Crippen molar-refractivity contribution in [1.29, 1.82) is 0 Å². The molecule has 0 radical (unpaired) electrons. The SMILES string of the molecule is CCCNC(=O)c1cc(Nc2nccc(Oc3ccc(NC(=O)Nc4cc(C(C)(C)C)nn4-c4ccc(C)cc4)c4ccccc34)n2)cc(OC)c1. The standard InChI is InChI=1S/C40H42N8O4/c1-7-19-41-37(49)26-21-27(23-29(22-26)51-6)43-38-42-20-18-36(46-38)52-33-17-16-32(30-10-8-9-11-31(30)33)44-39(50)45-35-24-34(40(3,4)5)47-48(35)28-14-12-25(2)13-15-28/h8-18,20-24H,7,19H2,1-6H3,(H,41,49)(H,42,43,46)(H2,44,45,50). The highest BCUT2D eigenvalue weighted by molar-refractivity contribution is 6.07. The topological polar surface area (TPSA) is 144 Å². The average Bonchev–Trinajstić information content (AvgIpc) is 3.56. The van der Waals surface area contributed by atoms with E-state index in [0.717, 1.165) is 34.1 Å². The minimum absolute atomic E-state index is 0.201. The summed E-state index contributed by atoms with van der Waals surface area (Å²) in [5, 5.41) is 18.4. The third-order valence-electron chi connectivity index (χ3n) is 8.17. The van der Waals surface area contributed by atoms with Crippen molar-refractivity contribution in [3.05, 3.63) is 114 Å². The number of nitrogens with zero attached hydrogens (tertiary/aromatic N) is 4. The molecule has 2 aromatic heterocycles. The molecule has 0 aliphatic carbocycles. The minimum atomic E-state index is -0.414. The highest BCUT2D eigenvalue weighted by Crippen LogP contribution is 2.35.